The highest BCUT2D eigenvalue weighted by Crippen LogP contribution is 2.23. The standard InChI is InChI=1S/C13H13N3O2/c1-8-6-9(4-5-15-8)13(18)16-12-3-2-10(17)7-11(12)14/h2-7,17H,14H2,1H3,(H,16,18). The second kappa shape index (κ2) is 4.75. The van der Waals surface area contributed by atoms with Crippen LogP contribution in [0.2, 0.25) is 0 Å². The van der Waals surface area contributed by atoms with Crippen LogP contribution in [0, 0.1) is 6.92 Å². The van der Waals surface area contributed by atoms with Gasteiger partial charge in [-0.2, -0.15) is 0 Å². The van der Waals surface area contributed by atoms with Gasteiger partial charge in [-0.25, -0.2) is 0 Å². The van der Waals surface area contributed by atoms with Gasteiger partial charge in [0.25, 0.3) is 5.91 Å². The van der Waals surface area contributed by atoms with Crippen LogP contribution in [0.15, 0.2) is 36.5 Å². The van der Waals surface area contributed by atoms with Crippen molar-refractivity contribution in [2.45, 2.75) is 6.92 Å². The molecule has 5 heteroatoms. The molecule has 2 rings (SSSR count). The molecule has 5 nitrogen and oxygen atoms in total. The second-order valence-electron chi connectivity index (χ2n) is 3.91. The largest absolute Gasteiger partial charge is 0.508 e. The number of carbonyl (C=O) groups is 1. The normalized spacial score (nSPS) is 10.1. The Kier molecular flexibility index (Phi) is 3.14. The van der Waals surface area contributed by atoms with Gasteiger partial charge in [0.05, 0.1) is 11.4 Å². The van der Waals surface area contributed by atoms with Crippen LogP contribution in [-0.2, 0) is 0 Å². The number of phenolic OH excluding ortho intramolecular Hbond substituents is 1. The van der Waals surface area contributed by atoms with Crippen LogP contribution in [0.25, 0.3) is 0 Å². The van der Waals surface area contributed by atoms with Crippen LogP contribution in [-0.4, -0.2) is 16.0 Å². The van der Waals surface area contributed by atoms with E-state index in [0.29, 0.717) is 16.9 Å². The molecule has 1 aromatic heterocycles. The Labute approximate surface area is 104 Å². The number of carbonyl (C=O) groups excluding carboxylic acids is 1. The lowest BCUT2D eigenvalue weighted by Gasteiger charge is -2.08. The Morgan fingerprint density at radius 2 is 2.11 bits per heavy atom. The summed E-state index contributed by atoms with van der Waals surface area (Å²) in [6.45, 7) is 1.81. The zero-order chi connectivity index (χ0) is 13.1. The fraction of sp³-hybridized carbons (Fsp3) is 0.0769. The molecular formula is C13H13N3O2. The summed E-state index contributed by atoms with van der Waals surface area (Å²) < 4.78 is 0. The predicted octanol–water partition coefficient (Wildman–Crippen LogP) is 1.93. The molecule has 0 saturated heterocycles. The number of aryl methyl sites for hydroxylation is 1. The number of nitrogens with one attached hydrogen (secondary N) is 1. The minimum atomic E-state index is -0.266. The summed E-state index contributed by atoms with van der Waals surface area (Å²) in [5.74, 6) is -0.205. The van der Waals surface area contributed by atoms with Crippen molar-refractivity contribution in [1.82, 2.24) is 4.98 Å². The van der Waals surface area contributed by atoms with E-state index in [1.807, 2.05) is 6.92 Å². The van der Waals surface area contributed by atoms with Crippen molar-refractivity contribution in [1.29, 1.82) is 0 Å². The molecule has 4 N–H and O–H groups in total. The average Bonchev–Trinajstić information content (AvgIpc) is 2.32. The van der Waals surface area contributed by atoms with Gasteiger partial charge in [-0.15, -0.1) is 0 Å². The molecule has 1 heterocycles. The summed E-state index contributed by atoms with van der Waals surface area (Å²) in [4.78, 5) is 16.0. The molecule has 0 spiro atoms. The summed E-state index contributed by atoms with van der Waals surface area (Å²) in [6.07, 6.45) is 1.57. The number of hydrogen-bond acceptors (Lipinski definition) is 4. The Balaban J connectivity index is 2.21. The Bertz CT molecular complexity index is 597. The molecule has 0 saturated carbocycles. The van der Waals surface area contributed by atoms with Crippen molar-refractivity contribution in [2.24, 2.45) is 0 Å². The van der Waals surface area contributed by atoms with Crippen LogP contribution >= 0.6 is 0 Å². The van der Waals surface area contributed by atoms with Crippen molar-refractivity contribution >= 4 is 17.3 Å². The van der Waals surface area contributed by atoms with E-state index in [4.69, 9.17) is 5.73 Å². The summed E-state index contributed by atoms with van der Waals surface area (Å²) in [5.41, 5.74) is 7.74. The molecule has 0 aliphatic heterocycles. The van der Waals surface area contributed by atoms with E-state index in [-0.39, 0.29) is 11.7 Å². The van der Waals surface area contributed by atoms with Crippen LogP contribution in [0.5, 0.6) is 5.75 Å². The molecule has 18 heavy (non-hydrogen) atoms. The number of benzene rings is 1. The highest BCUT2D eigenvalue weighted by Gasteiger charge is 2.08. The molecule has 92 valence electrons. The molecule has 0 bridgehead atoms. The van der Waals surface area contributed by atoms with Gasteiger partial charge in [0, 0.05) is 23.5 Å². The number of rotatable bonds is 2. The molecule has 0 aliphatic carbocycles. The molecule has 0 fully saturated rings. The third-order valence-corrected chi connectivity index (χ3v) is 2.44. The van der Waals surface area contributed by atoms with Crippen molar-refractivity contribution in [3.8, 4) is 5.75 Å². The minimum Gasteiger partial charge on any atom is -0.508 e. The van der Waals surface area contributed by atoms with E-state index in [0.717, 1.165) is 5.69 Å². The third-order valence-electron chi connectivity index (χ3n) is 2.44. The van der Waals surface area contributed by atoms with Gasteiger partial charge in [-0.05, 0) is 31.2 Å². The molecular weight excluding hydrogens is 230 g/mol. The van der Waals surface area contributed by atoms with Gasteiger partial charge >= 0.3 is 0 Å². The summed E-state index contributed by atoms with van der Waals surface area (Å²) in [7, 11) is 0. The van der Waals surface area contributed by atoms with E-state index in [9.17, 15) is 9.90 Å². The number of anilines is 2. The van der Waals surface area contributed by atoms with E-state index in [2.05, 4.69) is 10.3 Å². The fourth-order valence-corrected chi connectivity index (χ4v) is 1.55. The number of nitrogen functional groups attached to an aromatic ring is 1. The maximum Gasteiger partial charge on any atom is 0.255 e. The van der Waals surface area contributed by atoms with Gasteiger partial charge in [0.1, 0.15) is 5.75 Å². The predicted molar refractivity (Wildman–Crippen MR) is 69.4 cm³/mol. The van der Waals surface area contributed by atoms with E-state index in [1.165, 1.54) is 12.1 Å². The molecule has 0 atom stereocenters. The molecule has 2 aromatic rings. The van der Waals surface area contributed by atoms with Gasteiger partial charge in [-0.3, -0.25) is 9.78 Å². The fourth-order valence-electron chi connectivity index (χ4n) is 1.55. The lowest BCUT2D eigenvalue weighted by Crippen LogP contribution is -2.13. The van der Waals surface area contributed by atoms with Crippen molar-refractivity contribution in [3.05, 3.63) is 47.8 Å². The topological polar surface area (TPSA) is 88.2 Å². The summed E-state index contributed by atoms with van der Waals surface area (Å²) >= 11 is 0. The maximum absolute atomic E-state index is 11.9. The number of pyridine rings is 1. The Morgan fingerprint density at radius 3 is 2.78 bits per heavy atom. The number of aromatic hydroxyl groups is 1. The van der Waals surface area contributed by atoms with Crippen LogP contribution in [0.1, 0.15) is 16.1 Å². The quantitative estimate of drug-likeness (QED) is 0.555. The van der Waals surface area contributed by atoms with Gasteiger partial charge in [0.2, 0.25) is 0 Å². The number of nitrogens with two attached hydrogens (primary N) is 1. The first kappa shape index (κ1) is 11.9. The number of nitrogens with zero attached hydrogens (tertiary/aromatic N) is 1. The van der Waals surface area contributed by atoms with E-state index < -0.39 is 0 Å². The summed E-state index contributed by atoms with van der Waals surface area (Å²) in [6, 6.07) is 7.71. The first-order valence-electron chi connectivity index (χ1n) is 5.39. The van der Waals surface area contributed by atoms with Gasteiger partial charge < -0.3 is 16.2 Å². The third kappa shape index (κ3) is 2.57. The first-order valence-corrected chi connectivity index (χ1v) is 5.39. The smallest absolute Gasteiger partial charge is 0.255 e. The van der Waals surface area contributed by atoms with E-state index in [1.54, 1.807) is 24.4 Å². The number of aromatic nitrogens is 1. The van der Waals surface area contributed by atoms with Gasteiger partial charge in [-0.1, -0.05) is 0 Å². The van der Waals surface area contributed by atoms with Crippen molar-refractivity contribution in [3.63, 3.8) is 0 Å². The number of amides is 1. The zero-order valence-corrected chi connectivity index (χ0v) is 9.84. The molecule has 0 unspecified atom stereocenters. The second-order valence-corrected chi connectivity index (χ2v) is 3.91. The van der Waals surface area contributed by atoms with Crippen LogP contribution < -0.4 is 11.1 Å². The lowest BCUT2D eigenvalue weighted by atomic mass is 10.2. The number of phenols is 1. The van der Waals surface area contributed by atoms with Crippen molar-refractivity contribution < 1.29 is 9.90 Å². The lowest BCUT2D eigenvalue weighted by molar-refractivity contribution is 0.102. The highest BCUT2D eigenvalue weighted by molar-refractivity contribution is 6.05. The number of hydrogen-bond donors (Lipinski definition) is 3. The molecule has 0 radical (unpaired) electrons. The highest BCUT2D eigenvalue weighted by atomic mass is 16.3. The van der Waals surface area contributed by atoms with Crippen LogP contribution in [0.4, 0.5) is 11.4 Å². The molecule has 0 aliphatic rings. The monoisotopic (exact) mass is 243 g/mol. The maximum atomic E-state index is 11.9. The Morgan fingerprint density at radius 1 is 1.33 bits per heavy atom. The van der Waals surface area contributed by atoms with Crippen LogP contribution in [0.3, 0.4) is 0 Å². The van der Waals surface area contributed by atoms with E-state index >= 15 is 0 Å². The molecule has 1 amide bonds. The SMILES string of the molecule is Cc1cc(C(=O)Nc2ccc(O)cc2N)ccn1. The zero-order valence-electron chi connectivity index (χ0n) is 9.84. The molecule has 1 aromatic carbocycles. The minimum absolute atomic E-state index is 0.0604. The average molecular weight is 243 g/mol. The van der Waals surface area contributed by atoms with Gasteiger partial charge in [0.15, 0.2) is 0 Å². The van der Waals surface area contributed by atoms with Crippen molar-refractivity contribution in [2.75, 3.05) is 11.1 Å². The first-order chi connectivity index (χ1) is 8.56. The Hall–Kier alpha value is -2.56. The summed E-state index contributed by atoms with van der Waals surface area (Å²) in [5, 5.41) is 11.9.